The van der Waals surface area contributed by atoms with Crippen molar-refractivity contribution in [3.8, 4) is 11.8 Å². The van der Waals surface area contributed by atoms with Gasteiger partial charge in [0.2, 0.25) is 5.88 Å². The van der Waals surface area contributed by atoms with E-state index in [2.05, 4.69) is 6.07 Å². The van der Waals surface area contributed by atoms with E-state index in [4.69, 9.17) is 43.1 Å². The summed E-state index contributed by atoms with van der Waals surface area (Å²) in [5.74, 6) is -0.385. The Morgan fingerprint density at radius 1 is 1.23 bits per heavy atom. The van der Waals surface area contributed by atoms with Crippen molar-refractivity contribution in [3.05, 3.63) is 86.4 Å². The van der Waals surface area contributed by atoms with Crippen molar-refractivity contribution in [2.75, 3.05) is 6.61 Å². The monoisotopic (exact) mass is 458 g/mol. The van der Waals surface area contributed by atoms with E-state index < -0.39 is 11.9 Å². The molecule has 3 rings (SSSR count). The molecule has 2 aromatic rings. The van der Waals surface area contributed by atoms with E-state index in [0.29, 0.717) is 27.1 Å². The lowest BCUT2D eigenvalue weighted by Crippen LogP contribution is -2.25. The second-order valence-electron chi connectivity index (χ2n) is 6.71. The topological polar surface area (TPSA) is 94.6 Å². The highest BCUT2D eigenvalue weighted by Crippen LogP contribution is 2.40. The largest absolute Gasteiger partial charge is 0.489 e. The molecule has 0 spiro atoms. The number of esters is 1. The third-order valence-corrected chi connectivity index (χ3v) is 5.31. The Labute approximate surface area is 190 Å². The van der Waals surface area contributed by atoms with E-state index in [1.54, 1.807) is 56.3 Å². The molecule has 8 heteroatoms. The standard InChI is InChI=1S/C23H20Cl2N2O4/c1-3-29-23(28)20-13(2)31-22(27)18(11-26)21(20)14-5-8-17(9-6-14)30-12-15-4-7-16(24)10-19(15)25/h4-10,21H,3,12,27H2,1-2H3. The minimum Gasteiger partial charge on any atom is -0.489 e. The van der Waals surface area contributed by atoms with Gasteiger partial charge in [-0.2, -0.15) is 5.26 Å². The highest BCUT2D eigenvalue weighted by atomic mass is 35.5. The Kier molecular flexibility index (Phi) is 7.11. The summed E-state index contributed by atoms with van der Waals surface area (Å²) in [6.07, 6.45) is 0. The number of halogens is 2. The Hall–Kier alpha value is -3.14. The molecule has 2 N–H and O–H groups in total. The highest BCUT2D eigenvalue weighted by Gasteiger charge is 2.36. The van der Waals surface area contributed by atoms with E-state index in [9.17, 15) is 10.1 Å². The number of hydrogen-bond acceptors (Lipinski definition) is 6. The number of rotatable bonds is 6. The number of nitrogens with zero attached hydrogens (tertiary/aromatic N) is 1. The summed E-state index contributed by atoms with van der Waals surface area (Å²) in [4.78, 5) is 12.6. The van der Waals surface area contributed by atoms with Crippen LogP contribution in [0, 0.1) is 11.3 Å². The zero-order valence-electron chi connectivity index (χ0n) is 16.9. The third kappa shape index (κ3) is 4.96. The summed E-state index contributed by atoms with van der Waals surface area (Å²) in [6.45, 7) is 3.79. The highest BCUT2D eigenvalue weighted by molar-refractivity contribution is 6.35. The van der Waals surface area contributed by atoms with Crippen molar-refractivity contribution in [1.82, 2.24) is 0 Å². The van der Waals surface area contributed by atoms with Crippen LogP contribution >= 0.6 is 23.2 Å². The van der Waals surface area contributed by atoms with Gasteiger partial charge in [0, 0.05) is 15.6 Å². The van der Waals surface area contributed by atoms with Crippen LogP contribution in [0.1, 0.15) is 30.9 Å². The van der Waals surface area contributed by atoms with Crippen LogP contribution in [-0.4, -0.2) is 12.6 Å². The van der Waals surface area contributed by atoms with Crippen molar-refractivity contribution in [1.29, 1.82) is 5.26 Å². The molecule has 0 saturated carbocycles. The van der Waals surface area contributed by atoms with Crippen LogP contribution in [-0.2, 0) is 20.9 Å². The lowest BCUT2D eigenvalue weighted by molar-refractivity contribution is -0.139. The molecule has 0 radical (unpaired) electrons. The molecule has 1 aliphatic heterocycles. The van der Waals surface area contributed by atoms with Gasteiger partial charge < -0.3 is 19.9 Å². The zero-order valence-corrected chi connectivity index (χ0v) is 18.5. The van der Waals surface area contributed by atoms with Crippen LogP contribution in [0.15, 0.2) is 65.3 Å². The first-order valence-corrected chi connectivity index (χ1v) is 10.2. The minimum absolute atomic E-state index is 0.0317. The van der Waals surface area contributed by atoms with Gasteiger partial charge >= 0.3 is 5.97 Å². The zero-order chi connectivity index (χ0) is 22.5. The van der Waals surface area contributed by atoms with Gasteiger partial charge in [0.05, 0.1) is 18.1 Å². The van der Waals surface area contributed by atoms with Crippen molar-refractivity contribution in [2.45, 2.75) is 26.4 Å². The van der Waals surface area contributed by atoms with Gasteiger partial charge in [0.15, 0.2) is 0 Å². The molecule has 6 nitrogen and oxygen atoms in total. The van der Waals surface area contributed by atoms with Crippen LogP contribution < -0.4 is 10.5 Å². The maximum absolute atomic E-state index is 12.6. The van der Waals surface area contributed by atoms with Crippen LogP contribution in [0.5, 0.6) is 5.75 Å². The molecule has 0 aliphatic carbocycles. The average Bonchev–Trinajstić information content (AvgIpc) is 2.73. The SMILES string of the molecule is CCOC(=O)C1=C(C)OC(N)=C(C#N)C1c1ccc(OCc2ccc(Cl)cc2Cl)cc1. The molecular weight excluding hydrogens is 439 g/mol. The summed E-state index contributed by atoms with van der Waals surface area (Å²) in [6, 6.07) is 14.3. The first-order chi connectivity index (χ1) is 14.8. The first-order valence-electron chi connectivity index (χ1n) is 9.47. The number of ether oxygens (including phenoxy) is 3. The number of carbonyl (C=O) groups is 1. The number of nitriles is 1. The Morgan fingerprint density at radius 2 is 1.94 bits per heavy atom. The van der Waals surface area contributed by atoms with Crippen molar-refractivity contribution < 1.29 is 19.0 Å². The number of carbonyl (C=O) groups excluding carboxylic acids is 1. The van der Waals surface area contributed by atoms with Crippen LogP contribution in [0.3, 0.4) is 0 Å². The van der Waals surface area contributed by atoms with E-state index in [1.807, 2.05) is 0 Å². The lowest BCUT2D eigenvalue weighted by Gasteiger charge is -2.26. The third-order valence-electron chi connectivity index (χ3n) is 4.72. The lowest BCUT2D eigenvalue weighted by atomic mass is 9.83. The molecule has 0 saturated heterocycles. The predicted octanol–water partition coefficient (Wildman–Crippen LogP) is 5.22. The fraction of sp³-hybridized carbons (Fsp3) is 0.217. The van der Waals surface area contributed by atoms with Crippen molar-refractivity contribution >= 4 is 29.2 Å². The summed E-state index contributed by atoms with van der Waals surface area (Å²) in [5, 5.41) is 10.7. The molecule has 2 aromatic carbocycles. The molecule has 0 amide bonds. The number of benzene rings is 2. The number of allylic oxidation sites excluding steroid dienone is 2. The van der Waals surface area contributed by atoms with Gasteiger partial charge in [-0.15, -0.1) is 0 Å². The molecule has 0 bridgehead atoms. The van der Waals surface area contributed by atoms with E-state index in [-0.39, 0.29) is 30.2 Å². The van der Waals surface area contributed by atoms with Gasteiger partial charge in [-0.05, 0) is 43.7 Å². The Morgan fingerprint density at radius 3 is 2.55 bits per heavy atom. The number of hydrogen-bond donors (Lipinski definition) is 1. The van der Waals surface area contributed by atoms with E-state index >= 15 is 0 Å². The maximum atomic E-state index is 12.6. The summed E-state index contributed by atoms with van der Waals surface area (Å²) in [7, 11) is 0. The van der Waals surface area contributed by atoms with Gasteiger partial charge in [0.1, 0.15) is 29.8 Å². The smallest absolute Gasteiger partial charge is 0.338 e. The molecule has 1 unspecified atom stereocenters. The van der Waals surface area contributed by atoms with E-state index in [0.717, 1.165) is 5.56 Å². The van der Waals surface area contributed by atoms with Crippen LogP contribution in [0.2, 0.25) is 10.0 Å². The normalized spacial score (nSPS) is 15.9. The van der Waals surface area contributed by atoms with Gasteiger partial charge in [-0.1, -0.05) is 41.4 Å². The molecule has 160 valence electrons. The summed E-state index contributed by atoms with van der Waals surface area (Å²) >= 11 is 12.1. The Balaban J connectivity index is 1.86. The molecule has 1 heterocycles. The van der Waals surface area contributed by atoms with Crippen LogP contribution in [0.25, 0.3) is 0 Å². The van der Waals surface area contributed by atoms with Crippen molar-refractivity contribution in [3.63, 3.8) is 0 Å². The molecule has 31 heavy (non-hydrogen) atoms. The fourth-order valence-electron chi connectivity index (χ4n) is 3.24. The molecule has 0 aromatic heterocycles. The second kappa shape index (κ2) is 9.78. The average molecular weight is 459 g/mol. The summed E-state index contributed by atoms with van der Waals surface area (Å²) < 4.78 is 16.4. The fourth-order valence-corrected chi connectivity index (χ4v) is 3.71. The molecular formula is C23H20Cl2N2O4. The van der Waals surface area contributed by atoms with Gasteiger partial charge in [-0.3, -0.25) is 0 Å². The maximum Gasteiger partial charge on any atom is 0.338 e. The van der Waals surface area contributed by atoms with E-state index in [1.165, 1.54) is 0 Å². The first kappa shape index (κ1) is 22.5. The van der Waals surface area contributed by atoms with Crippen LogP contribution in [0.4, 0.5) is 0 Å². The second-order valence-corrected chi connectivity index (χ2v) is 7.55. The number of nitrogens with two attached hydrogens (primary N) is 1. The quantitative estimate of drug-likeness (QED) is 0.596. The van der Waals surface area contributed by atoms with Gasteiger partial charge in [0.25, 0.3) is 0 Å². The van der Waals surface area contributed by atoms with Gasteiger partial charge in [-0.25, -0.2) is 4.79 Å². The minimum atomic E-state index is -0.697. The molecule has 1 aliphatic rings. The molecule has 0 fully saturated rings. The molecule has 1 atom stereocenters. The predicted molar refractivity (Wildman–Crippen MR) is 117 cm³/mol. The Bertz CT molecular complexity index is 1100. The summed E-state index contributed by atoms with van der Waals surface area (Å²) in [5.41, 5.74) is 7.78. The van der Waals surface area contributed by atoms with Crippen molar-refractivity contribution in [2.24, 2.45) is 5.73 Å².